The summed E-state index contributed by atoms with van der Waals surface area (Å²) in [4.78, 5) is 24.3. The van der Waals surface area contributed by atoms with Crippen molar-refractivity contribution in [3.63, 3.8) is 0 Å². The largest absolute Gasteiger partial charge is 0.507 e. The number of carbonyl (C=O) groups is 2. The SMILES string of the molecule is CC(C)=CCC1CCC23CC(=O)CCC2(O)C1Cc1ccc(C(N)=O)c(O)c13. The van der Waals surface area contributed by atoms with Gasteiger partial charge in [0, 0.05) is 23.8 Å². The molecule has 2 fully saturated rings. The zero-order chi connectivity index (χ0) is 20.3. The smallest absolute Gasteiger partial charge is 0.252 e. The van der Waals surface area contributed by atoms with Crippen LogP contribution in [0.3, 0.4) is 0 Å². The summed E-state index contributed by atoms with van der Waals surface area (Å²) in [5, 5.41) is 23.0. The van der Waals surface area contributed by atoms with Gasteiger partial charge in [0.25, 0.3) is 5.91 Å². The van der Waals surface area contributed by atoms with Crippen LogP contribution in [-0.4, -0.2) is 27.5 Å². The molecule has 1 aromatic rings. The lowest BCUT2D eigenvalue weighted by atomic mass is 9.43. The highest BCUT2D eigenvalue weighted by atomic mass is 16.3. The minimum atomic E-state index is -1.04. The van der Waals surface area contributed by atoms with Gasteiger partial charge in [0.15, 0.2) is 0 Å². The summed E-state index contributed by atoms with van der Waals surface area (Å²) in [5.74, 6) is -0.340. The highest BCUT2D eigenvalue weighted by Gasteiger charge is 2.65. The van der Waals surface area contributed by atoms with Gasteiger partial charge in [-0.15, -0.1) is 0 Å². The van der Waals surface area contributed by atoms with Gasteiger partial charge in [-0.25, -0.2) is 0 Å². The van der Waals surface area contributed by atoms with E-state index in [0.29, 0.717) is 37.2 Å². The zero-order valence-electron chi connectivity index (χ0n) is 16.6. The molecule has 1 aromatic carbocycles. The first kappa shape index (κ1) is 19.2. The van der Waals surface area contributed by atoms with Gasteiger partial charge in [-0.3, -0.25) is 9.59 Å². The third-order valence-corrected chi connectivity index (χ3v) is 7.51. The summed E-state index contributed by atoms with van der Waals surface area (Å²) < 4.78 is 0. The topological polar surface area (TPSA) is 101 Å². The summed E-state index contributed by atoms with van der Waals surface area (Å²) in [6.45, 7) is 4.17. The van der Waals surface area contributed by atoms with Gasteiger partial charge in [-0.1, -0.05) is 17.7 Å². The predicted octanol–water partition coefficient (Wildman–Crippen LogP) is 3.15. The fourth-order valence-corrected chi connectivity index (χ4v) is 6.22. The van der Waals surface area contributed by atoms with Crippen molar-refractivity contribution in [1.29, 1.82) is 0 Å². The van der Waals surface area contributed by atoms with E-state index < -0.39 is 16.9 Å². The Balaban J connectivity index is 1.90. The van der Waals surface area contributed by atoms with E-state index in [4.69, 9.17) is 5.73 Å². The highest BCUT2D eigenvalue weighted by molar-refractivity contribution is 5.96. The molecule has 1 amide bonds. The third-order valence-electron chi connectivity index (χ3n) is 7.51. The Morgan fingerprint density at radius 1 is 1.32 bits per heavy atom. The summed E-state index contributed by atoms with van der Waals surface area (Å²) in [5.41, 5.74) is 6.46. The number of Topliss-reactive ketones (excluding diaryl/α,β-unsaturated/α-hetero) is 1. The van der Waals surface area contributed by atoms with Gasteiger partial charge in [0.05, 0.1) is 11.2 Å². The number of allylic oxidation sites excluding steroid dienone is 2. The van der Waals surface area contributed by atoms with E-state index in [9.17, 15) is 19.8 Å². The molecule has 5 nitrogen and oxygen atoms in total. The van der Waals surface area contributed by atoms with Gasteiger partial charge >= 0.3 is 0 Å². The molecule has 4 rings (SSSR count). The molecule has 0 saturated heterocycles. The number of phenols is 1. The van der Waals surface area contributed by atoms with Crippen molar-refractivity contribution in [2.24, 2.45) is 17.6 Å². The van der Waals surface area contributed by atoms with E-state index in [-0.39, 0.29) is 29.4 Å². The van der Waals surface area contributed by atoms with Gasteiger partial charge in [-0.05, 0) is 69.4 Å². The lowest BCUT2D eigenvalue weighted by Crippen LogP contribution is -2.66. The van der Waals surface area contributed by atoms with Crippen LogP contribution in [0.5, 0.6) is 5.75 Å². The number of hydrogen-bond donors (Lipinski definition) is 3. The first-order valence-corrected chi connectivity index (χ1v) is 10.2. The third kappa shape index (κ3) is 2.55. The van der Waals surface area contributed by atoms with E-state index in [1.54, 1.807) is 6.07 Å². The molecule has 3 aliphatic rings. The lowest BCUT2D eigenvalue weighted by Gasteiger charge is -2.62. The van der Waals surface area contributed by atoms with Crippen LogP contribution in [0.2, 0.25) is 0 Å². The number of hydrogen-bond acceptors (Lipinski definition) is 4. The Morgan fingerprint density at radius 3 is 2.75 bits per heavy atom. The minimum absolute atomic E-state index is 0.0382. The number of aromatic hydroxyl groups is 1. The molecule has 150 valence electrons. The molecular weight excluding hydrogens is 354 g/mol. The maximum absolute atomic E-state index is 12.5. The zero-order valence-corrected chi connectivity index (χ0v) is 16.6. The number of aliphatic hydroxyl groups is 1. The molecule has 4 atom stereocenters. The predicted molar refractivity (Wildman–Crippen MR) is 106 cm³/mol. The van der Waals surface area contributed by atoms with Crippen molar-refractivity contribution in [1.82, 2.24) is 0 Å². The van der Waals surface area contributed by atoms with Gasteiger partial charge < -0.3 is 15.9 Å². The van der Waals surface area contributed by atoms with Crippen molar-refractivity contribution >= 4 is 11.7 Å². The monoisotopic (exact) mass is 383 g/mol. The number of ketones is 1. The van der Waals surface area contributed by atoms with Crippen LogP contribution in [-0.2, 0) is 16.6 Å². The van der Waals surface area contributed by atoms with Gasteiger partial charge in [-0.2, -0.15) is 0 Å². The Kier molecular flexibility index (Phi) is 4.42. The molecule has 0 heterocycles. The number of carbonyl (C=O) groups excluding carboxylic acids is 2. The van der Waals surface area contributed by atoms with Crippen LogP contribution in [0.25, 0.3) is 0 Å². The lowest BCUT2D eigenvalue weighted by molar-refractivity contribution is -0.172. The molecule has 0 aromatic heterocycles. The first-order valence-electron chi connectivity index (χ1n) is 10.2. The summed E-state index contributed by atoms with van der Waals surface area (Å²) >= 11 is 0. The summed E-state index contributed by atoms with van der Waals surface area (Å²) in [7, 11) is 0. The number of benzene rings is 1. The maximum atomic E-state index is 12.5. The number of nitrogens with two attached hydrogens (primary N) is 1. The van der Waals surface area contributed by atoms with Gasteiger partial charge in [0.1, 0.15) is 11.5 Å². The normalized spacial score (nSPS) is 33.6. The molecule has 28 heavy (non-hydrogen) atoms. The van der Waals surface area contributed by atoms with E-state index in [1.165, 1.54) is 5.57 Å². The molecule has 0 radical (unpaired) electrons. The molecule has 3 aliphatic carbocycles. The van der Waals surface area contributed by atoms with E-state index >= 15 is 0 Å². The Morgan fingerprint density at radius 2 is 2.07 bits per heavy atom. The molecular formula is C23H29NO4. The maximum Gasteiger partial charge on any atom is 0.252 e. The molecule has 4 unspecified atom stereocenters. The Labute approximate surface area is 165 Å². The fourth-order valence-electron chi connectivity index (χ4n) is 6.22. The molecule has 2 saturated carbocycles. The number of fused-ring (bicyclic) bond motifs is 1. The molecule has 4 N–H and O–H groups in total. The number of primary amides is 1. The average Bonchev–Trinajstić information content (AvgIpc) is 2.61. The van der Waals surface area contributed by atoms with Crippen molar-refractivity contribution in [2.45, 2.75) is 69.8 Å². The average molecular weight is 383 g/mol. The second-order valence-corrected chi connectivity index (χ2v) is 9.21. The summed E-state index contributed by atoms with van der Waals surface area (Å²) in [6.07, 6.45) is 6.34. The van der Waals surface area contributed by atoms with Crippen molar-refractivity contribution < 1.29 is 19.8 Å². The Hall–Kier alpha value is -2.14. The second-order valence-electron chi connectivity index (χ2n) is 9.21. The summed E-state index contributed by atoms with van der Waals surface area (Å²) in [6, 6.07) is 3.43. The Bertz CT molecular complexity index is 885. The van der Waals surface area contributed by atoms with Crippen LogP contribution >= 0.6 is 0 Å². The van der Waals surface area contributed by atoms with Crippen LogP contribution in [0.4, 0.5) is 0 Å². The molecule has 0 aliphatic heterocycles. The number of amides is 1. The molecule has 0 spiro atoms. The van der Waals surface area contributed by atoms with Crippen molar-refractivity contribution in [3.05, 3.63) is 40.5 Å². The van der Waals surface area contributed by atoms with Crippen molar-refractivity contribution in [2.75, 3.05) is 0 Å². The van der Waals surface area contributed by atoms with E-state index in [2.05, 4.69) is 19.9 Å². The minimum Gasteiger partial charge on any atom is -0.507 e. The van der Waals surface area contributed by atoms with Crippen LogP contribution < -0.4 is 5.73 Å². The standard InChI is InChI=1S/C23H29NO4/c1-13(2)3-4-14-7-9-22-12-16(25)8-10-23(22,28)18(14)11-15-5-6-17(21(24)27)20(26)19(15)22/h3,5-6,14,18,26,28H,4,7-12H2,1-2H3,(H2,24,27). The van der Waals surface area contributed by atoms with E-state index in [0.717, 1.165) is 18.4 Å². The second kappa shape index (κ2) is 6.45. The first-order chi connectivity index (χ1) is 13.2. The van der Waals surface area contributed by atoms with Crippen molar-refractivity contribution in [3.8, 4) is 5.75 Å². The highest BCUT2D eigenvalue weighted by Crippen LogP contribution is 2.64. The molecule has 5 heteroatoms. The quantitative estimate of drug-likeness (QED) is 0.698. The van der Waals surface area contributed by atoms with Crippen LogP contribution in [0.1, 0.15) is 73.9 Å². The fraction of sp³-hybridized carbons (Fsp3) is 0.565. The van der Waals surface area contributed by atoms with E-state index in [1.807, 2.05) is 6.07 Å². The van der Waals surface area contributed by atoms with Crippen LogP contribution in [0.15, 0.2) is 23.8 Å². The van der Waals surface area contributed by atoms with Crippen LogP contribution in [0, 0.1) is 11.8 Å². The van der Waals surface area contributed by atoms with Gasteiger partial charge in [0.2, 0.25) is 0 Å². The molecule has 2 bridgehead atoms. The number of rotatable bonds is 3.